The average Bonchev–Trinajstić information content (AvgIpc) is 3.40. The normalized spacial score (nSPS) is 22.7. The molecule has 120 valence electrons. The lowest BCUT2D eigenvalue weighted by Gasteiger charge is -2.34. The van der Waals surface area contributed by atoms with E-state index in [1.165, 1.54) is 57.5 Å². The van der Waals surface area contributed by atoms with Gasteiger partial charge >= 0.3 is 0 Å². The number of hydrogen-bond donors (Lipinski definition) is 0. The molecular weight excluding hydrogens is 276 g/mol. The monoisotopic (exact) mass is 302 g/mol. The van der Waals surface area contributed by atoms with E-state index in [4.69, 9.17) is 9.47 Å². The second kappa shape index (κ2) is 6.47. The molecule has 1 aliphatic carbocycles. The van der Waals surface area contributed by atoms with Gasteiger partial charge < -0.3 is 14.4 Å². The van der Waals surface area contributed by atoms with E-state index in [-0.39, 0.29) is 0 Å². The molecule has 3 aliphatic rings. The lowest BCUT2D eigenvalue weighted by Crippen LogP contribution is -2.47. The van der Waals surface area contributed by atoms with Crippen molar-refractivity contribution in [3.8, 4) is 11.5 Å². The summed E-state index contributed by atoms with van der Waals surface area (Å²) in [5, 5.41) is 0. The Morgan fingerprint density at radius 3 is 2.50 bits per heavy atom. The molecule has 2 aliphatic heterocycles. The molecule has 0 radical (unpaired) electrons. The lowest BCUT2D eigenvalue weighted by atomic mass is 10.1. The topological polar surface area (TPSA) is 24.9 Å². The molecule has 1 aromatic rings. The Bertz CT molecular complexity index is 508. The number of aryl methyl sites for hydroxylation is 1. The molecule has 2 fully saturated rings. The van der Waals surface area contributed by atoms with Crippen molar-refractivity contribution in [2.75, 3.05) is 45.9 Å². The fourth-order valence-corrected chi connectivity index (χ4v) is 3.54. The quantitative estimate of drug-likeness (QED) is 0.832. The molecule has 1 saturated carbocycles. The van der Waals surface area contributed by atoms with Crippen LogP contribution in [0.1, 0.15) is 24.8 Å². The minimum Gasteiger partial charge on any atom is -0.486 e. The number of rotatable bonds is 5. The van der Waals surface area contributed by atoms with Crippen molar-refractivity contribution >= 4 is 0 Å². The van der Waals surface area contributed by atoms with Gasteiger partial charge in [-0.05, 0) is 49.9 Å². The van der Waals surface area contributed by atoms with E-state index in [9.17, 15) is 0 Å². The first-order chi connectivity index (χ1) is 10.9. The second-order valence-electron chi connectivity index (χ2n) is 6.69. The van der Waals surface area contributed by atoms with Crippen LogP contribution in [0, 0.1) is 0 Å². The van der Waals surface area contributed by atoms with Gasteiger partial charge in [0.05, 0.1) is 0 Å². The molecule has 1 saturated heterocycles. The predicted molar refractivity (Wildman–Crippen MR) is 86.8 cm³/mol. The first kappa shape index (κ1) is 14.3. The van der Waals surface area contributed by atoms with E-state index in [1.54, 1.807) is 0 Å². The number of ether oxygens (including phenoxy) is 2. The molecular formula is C18H26N2O2. The van der Waals surface area contributed by atoms with Crippen LogP contribution >= 0.6 is 0 Å². The van der Waals surface area contributed by atoms with Gasteiger partial charge in [-0.15, -0.1) is 0 Å². The zero-order valence-corrected chi connectivity index (χ0v) is 13.3. The van der Waals surface area contributed by atoms with E-state index < -0.39 is 0 Å². The van der Waals surface area contributed by atoms with Crippen LogP contribution in [-0.2, 0) is 6.42 Å². The van der Waals surface area contributed by atoms with E-state index in [0.717, 1.165) is 24.0 Å². The van der Waals surface area contributed by atoms with Crippen LogP contribution in [0.3, 0.4) is 0 Å². The van der Waals surface area contributed by atoms with Crippen molar-refractivity contribution in [1.29, 1.82) is 0 Å². The predicted octanol–water partition coefficient (Wildman–Crippen LogP) is 2.17. The van der Waals surface area contributed by atoms with Crippen molar-refractivity contribution in [2.45, 2.75) is 31.7 Å². The number of hydrogen-bond acceptors (Lipinski definition) is 4. The van der Waals surface area contributed by atoms with Crippen LogP contribution in [-0.4, -0.2) is 61.8 Å². The van der Waals surface area contributed by atoms with Crippen molar-refractivity contribution < 1.29 is 9.47 Å². The van der Waals surface area contributed by atoms with Gasteiger partial charge in [0.1, 0.15) is 13.2 Å². The zero-order valence-electron chi connectivity index (χ0n) is 13.3. The maximum absolute atomic E-state index is 5.66. The molecule has 22 heavy (non-hydrogen) atoms. The van der Waals surface area contributed by atoms with Crippen LogP contribution in [0.2, 0.25) is 0 Å². The molecule has 0 N–H and O–H groups in total. The highest BCUT2D eigenvalue weighted by atomic mass is 16.6. The maximum Gasteiger partial charge on any atom is 0.161 e. The average molecular weight is 302 g/mol. The molecule has 0 spiro atoms. The maximum atomic E-state index is 5.66. The molecule has 0 amide bonds. The van der Waals surface area contributed by atoms with Crippen molar-refractivity contribution in [1.82, 2.24) is 9.80 Å². The number of benzene rings is 1. The summed E-state index contributed by atoms with van der Waals surface area (Å²) in [7, 11) is 0. The lowest BCUT2D eigenvalue weighted by molar-refractivity contribution is 0.125. The summed E-state index contributed by atoms with van der Waals surface area (Å²) in [6.07, 6.45) is 5.22. The van der Waals surface area contributed by atoms with Gasteiger partial charge in [-0.25, -0.2) is 0 Å². The smallest absolute Gasteiger partial charge is 0.161 e. The van der Waals surface area contributed by atoms with Gasteiger partial charge in [0.2, 0.25) is 0 Å². The van der Waals surface area contributed by atoms with Crippen LogP contribution in [0.5, 0.6) is 11.5 Å². The molecule has 4 rings (SSSR count). The highest BCUT2D eigenvalue weighted by molar-refractivity contribution is 5.43. The Hall–Kier alpha value is -1.26. The highest BCUT2D eigenvalue weighted by Crippen LogP contribution is 2.31. The third-order valence-corrected chi connectivity index (χ3v) is 5.02. The first-order valence-corrected chi connectivity index (χ1v) is 8.73. The Labute approximate surface area is 133 Å². The van der Waals surface area contributed by atoms with E-state index >= 15 is 0 Å². The molecule has 0 unspecified atom stereocenters. The third-order valence-electron chi connectivity index (χ3n) is 5.02. The van der Waals surface area contributed by atoms with Gasteiger partial charge in [0, 0.05) is 32.2 Å². The van der Waals surface area contributed by atoms with Gasteiger partial charge in [-0.2, -0.15) is 0 Å². The SMILES string of the molecule is c1cc2c(cc1CCCN1CCN(C3CC3)CC1)OCCO2. The van der Waals surface area contributed by atoms with E-state index in [2.05, 4.69) is 28.0 Å². The number of nitrogens with zero attached hydrogens (tertiary/aromatic N) is 2. The molecule has 4 heteroatoms. The molecule has 2 heterocycles. The summed E-state index contributed by atoms with van der Waals surface area (Å²) in [6.45, 7) is 7.59. The van der Waals surface area contributed by atoms with E-state index in [0.29, 0.717) is 13.2 Å². The summed E-state index contributed by atoms with van der Waals surface area (Å²) in [5.41, 5.74) is 1.36. The minimum absolute atomic E-state index is 0.666. The summed E-state index contributed by atoms with van der Waals surface area (Å²) in [6, 6.07) is 7.32. The van der Waals surface area contributed by atoms with Gasteiger partial charge in [0.25, 0.3) is 0 Å². The van der Waals surface area contributed by atoms with Gasteiger partial charge in [0.15, 0.2) is 11.5 Å². The largest absolute Gasteiger partial charge is 0.486 e. The third kappa shape index (κ3) is 3.39. The van der Waals surface area contributed by atoms with Crippen molar-refractivity contribution in [3.63, 3.8) is 0 Å². The molecule has 0 atom stereocenters. The highest BCUT2D eigenvalue weighted by Gasteiger charge is 2.30. The second-order valence-corrected chi connectivity index (χ2v) is 6.69. The number of piperazine rings is 1. The summed E-state index contributed by atoms with van der Waals surface area (Å²) < 4.78 is 11.2. The fraction of sp³-hybridized carbons (Fsp3) is 0.667. The molecule has 1 aromatic carbocycles. The Morgan fingerprint density at radius 1 is 0.955 bits per heavy atom. The Morgan fingerprint density at radius 2 is 1.73 bits per heavy atom. The zero-order chi connectivity index (χ0) is 14.8. The number of fused-ring (bicyclic) bond motifs is 1. The standard InChI is InChI=1S/C18H26N2O2/c1(7-19-8-10-20(11-9-19)16-4-5-16)2-15-3-6-17-18(14-15)22-13-12-21-17/h3,6,14,16H,1-2,4-5,7-13H2. The Kier molecular flexibility index (Phi) is 4.22. The molecule has 4 nitrogen and oxygen atoms in total. The van der Waals surface area contributed by atoms with Gasteiger partial charge in [-0.3, -0.25) is 4.90 Å². The summed E-state index contributed by atoms with van der Waals surface area (Å²) in [5.74, 6) is 1.81. The van der Waals surface area contributed by atoms with Crippen LogP contribution < -0.4 is 9.47 Å². The van der Waals surface area contributed by atoms with Crippen LogP contribution in [0.25, 0.3) is 0 Å². The summed E-state index contributed by atoms with van der Waals surface area (Å²) >= 11 is 0. The molecule has 0 bridgehead atoms. The fourth-order valence-electron chi connectivity index (χ4n) is 3.54. The van der Waals surface area contributed by atoms with Gasteiger partial charge in [-0.1, -0.05) is 6.07 Å². The first-order valence-electron chi connectivity index (χ1n) is 8.73. The Balaban J connectivity index is 1.22. The van der Waals surface area contributed by atoms with E-state index in [1.807, 2.05) is 0 Å². The van der Waals surface area contributed by atoms with Crippen molar-refractivity contribution in [2.24, 2.45) is 0 Å². The van der Waals surface area contributed by atoms with Crippen LogP contribution in [0.4, 0.5) is 0 Å². The van der Waals surface area contributed by atoms with Crippen molar-refractivity contribution in [3.05, 3.63) is 23.8 Å². The summed E-state index contributed by atoms with van der Waals surface area (Å²) in [4.78, 5) is 5.30. The van der Waals surface area contributed by atoms with Crippen LogP contribution in [0.15, 0.2) is 18.2 Å². The molecule has 0 aromatic heterocycles. The minimum atomic E-state index is 0.666.